The fraction of sp³-hybridized carbons (Fsp3) is 0.0625. The van der Waals surface area contributed by atoms with Gasteiger partial charge in [0.25, 0.3) is 0 Å². The van der Waals surface area contributed by atoms with E-state index in [2.05, 4.69) is 15.8 Å². The summed E-state index contributed by atoms with van der Waals surface area (Å²) in [6.07, 6.45) is 1.31. The van der Waals surface area contributed by atoms with Crippen LogP contribution in [0.4, 0.5) is 5.69 Å². The highest BCUT2D eigenvalue weighted by Crippen LogP contribution is 2.24. The number of nitrogens with one attached hydrogen (secondary N) is 2. The van der Waals surface area contributed by atoms with Gasteiger partial charge < -0.3 is 5.32 Å². The van der Waals surface area contributed by atoms with Gasteiger partial charge in [0.05, 0.1) is 16.3 Å². The molecule has 0 aliphatic rings. The second kappa shape index (κ2) is 7.76. The molecule has 2 N–H and O–H groups in total. The molecule has 0 atom stereocenters. The Balaban J connectivity index is 1.95. The van der Waals surface area contributed by atoms with E-state index in [1.807, 2.05) is 13.0 Å². The molecule has 2 aromatic carbocycles. The number of benzene rings is 2. The molecule has 0 bridgehead atoms. The van der Waals surface area contributed by atoms with Crippen molar-refractivity contribution in [3.8, 4) is 0 Å². The fourth-order valence-electron chi connectivity index (χ4n) is 1.74. The maximum Gasteiger partial charge on any atom is 0.329 e. The molecule has 0 radical (unpaired) electrons. The predicted octanol–water partition coefficient (Wildman–Crippen LogP) is 3.39. The van der Waals surface area contributed by atoms with Crippen molar-refractivity contribution < 1.29 is 9.59 Å². The maximum atomic E-state index is 11.7. The smallest absolute Gasteiger partial charge is 0.318 e. The van der Waals surface area contributed by atoms with Crippen molar-refractivity contribution in [2.45, 2.75) is 6.92 Å². The Morgan fingerprint density at radius 3 is 2.57 bits per heavy atom. The highest BCUT2D eigenvalue weighted by Gasteiger charge is 2.12. The average molecular weight is 350 g/mol. The second-order valence-electron chi connectivity index (χ2n) is 4.67. The van der Waals surface area contributed by atoms with Crippen molar-refractivity contribution in [3.63, 3.8) is 0 Å². The van der Waals surface area contributed by atoms with E-state index in [4.69, 9.17) is 23.2 Å². The van der Waals surface area contributed by atoms with Crippen LogP contribution in [-0.4, -0.2) is 18.0 Å². The minimum Gasteiger partial charge on any atom is -0.318 e. The third-order valence-electron chi connectivity index (χ3n) is 2.83. The Bertz CT molecular complexity index is 776. The van der Waals surface area contributed by atoms with Gasteiger partial charge in [0.1, 0.15) is 0 Å². The molecule has 2 amide bonds. The number of rotatable bonds is 3. The maximum absolute atomic E-state index is 11.7. The third-order valence-corrected chi connectivity index (χ3v) is 3.67. The summed E-state index contributed by atoms with van der Waals surface area (Å²) in [7, 11) is 0. The molecule has 0 fully saturated rings. The van der Waals surface area contributed by atoms with E-state index in [0.29, 0.717) is 21.3 Å². The van der Waals surface area contributed by atoms with Gasteiger partial charge in [0.2, 0.25) is 0 Å². The van der Waals surface area contributed by atoms with Crippen LogP contribution in [0.25, 0.3) is 0 Å². The number of halogens is 2. The van der Waals surface area contributed by atoms with Crippen molar-refractivity contribution in [1.29, 1.82) is 0 Å². The monoisotopic (exact) mass is 349 g/mol. The number of nitrogens with zero attached hydrogens (tertiary/aromatic N) is 1. The number of anilines is 1. The molecule has 0 saturated carbocycles. The number of aryl methyl sites for hydroxylation is 1. The van der Waals surface area contributed by atoms with E-state index in [-0.39, 0.29) is 0 Å². The van der Waals surface area contributed by atoms with Gasteiger partial charge in [-0.2, -0.15) is 5.10 Å². The van der Waals surface area contributed by atoms with Crippen molar-refractivity contribution in [3.05, 3.63) is 63.6 Å². The van der Waals surface area contributed by atoms with E-state index in [9.17, 15) is 9.59 Å². The Labute approximate surface area is 143 Å². The quantitative estimate of drug-likeness (QED) is 0.506. The Kier molecular flexibility index (Phi) is 5.73. The number of hydrazone groups is 1. The number of hydrogen-bond acceptors (Lipinski definition) is 3. The molecule has 0 aliphatic heterocycles. The number of hydrogen-bond donors (Lipinski definition) is 2. The van der Waals surface area contributed by atoms with Gasteiger partial charge in [0, 0.05) is 11.3 Å². The minimum absolute atomic E-state index is 0.316. The van der Waals surface area contributed by atoms with E-state index in [0.717, 1.165) is 5.56 Å². The number of amides is 2. The van der Waals surface area contributed by atoms with Crippen LogP contribution in [0.3, 0.4) is 0 Å². The molecule has 7 heteroatoms. The standard InChI is InChI=1S/C16H13Cl2N3O2/c1-10-4-2-6-12(8-10)20-15(22)16(23)21-19-9-11-5-3-7-13(17)14(11)18/h2-9H,1H3,(H,20,22)(H,21,23)/b19-9-. The van der Waals surface area contributed by atoms with Crippen LogP contribution in [-0.2, 0) is 9.59 Å². The lowest BCUT2D eigenvalue weighted by Crippen LogP contribution is -2.32. The zero-order chi connectivity index (χ0) is 16.8. The molecule has 2 rings (SSSR count). The first-order chi connectivity index (χ1) is 11.0. The molecule has 0 heterocycles. The summed E-state index contributed by atoms with van der Waals surface area (Å²) in [6.45, 7) is 1.88. The fourth-order valence-corrected chi connectivity index (χ4v) is 2.10. The lowest BCUT2D eigenvalue weighted by molar-refractivity contribution is -0.136. The first kappa shape index (κ1) is 17.0. The SMILES string of the molecule is Cc1cccc(NC(=O)C(=O)N/N=C\c2cccc(Cl)c2Cl)c1. The zero-order valence-corrected chi connectivity index (χ0v) is 13.7. The molecule has 23 heavy (non-hydrogen) atoms. The Morgan fingerprint density at radius 1 is 1.09 bits per heavy atom. The topological polar surface area (TPSA) is 70.6 Å². The second-order valence-corrected chi connectivity index (χ2v) is 5.45. The van der Waals surface area contributed by atoms with E-state index in [1.165, 1.54) is 6.21 Å². The highest BCUT2D eigenvalue weighted by molar-refractivity contribution is 6.43. The van der Waals surface area contributed by atoms with Crippen molar-refractivity contribution in [1.82, 2.24) is 5.43 Å². The van der Waals surface area contributed by atoms with Crippen molar-refractivity contribution >= 4 is 46.9 Å². The van der Waals surface area contributed by atoms with Crippen LogP contribution in [0.2, 0.25) is 10.0 Å². The lowest BCUT2D eigenvalue weighted by Gasteiger charge is -2.04. The molecule has 5 nitrogen and oxygen atoms in total. The molecular weight excluding hydrogens is 337 g/mol. The van der Waals surface area contributed by atoms with Crippen LogP contribution in [0.1, 0.15) is 11.1 Å². The highest BCUT2D eigenvalue weighted by atomic mass is 35.5. The molecule has 2 aromatic rings. The van der Waals surface area contributed by atoms with Crippen LogP contribution in [0, 0.1) is 6.92 Å². The molecular formula is C16H13Cl2N3O2. The van der Waals surface area contributed by atoms with E-state index in [1.54, 1.807) is 36.4 Å². The van der Waals surface area contributed by atoms with Crippen molar-refractivity contribution in [2.75, 3.05) is 5.32 Å². The molecule has 0 spiro atoms. The van der Waals surface area contributed by atoms with E-state index < -0.39 is 11.8 Å². The molecule has 0 aromatic heterocycles. The molecule has 118 valence electrons. The van der Waals surface area contributed by atoms with Gasteiger partial charge in [-0.3, -0.25) is 9.59 Å². The van der Waals surface area contributed by atoms with Gasteiger partial charge in [-0.05, 0) is 30.7 Å². The number of carbonyl (C=O) groups is 2. The predicted molar refractivity (Wildman–Crippen MR) is 92.0 cm³/mol. The van der Waals surface area contributed by atoms with Gasteiger partial charge >= 0.3 is 11.8 Å². The first-order valence-corrected chi connectivity index (χ1v) is 7.38. The van der Waals surface area contributed by atoms with Gasteiger partial charge in [0.15, 0.2) is 0 Å². The first-order valence-electron chi connectivity index (χ1n) is 6.62. The van der Waals surface area contributed by atoms with Crippen molar-refractivity contribution in [2.24, 2.45) is 5.10 Å². The van der Waals surface area contributed by atoms with Crippen LogP contribution in [0.15, 0.2) is 47.6 Å². The average Bonchev–Trinajstić information content (AvgIpc) is 2.51. The largest absolute Gasteiger partial charge is 0.329 e. The summed E-state index contributed by atoms with van der Waals surface area (Å²) >= 11 is 11.8. The lowest BCUT2D eigenvalue weighted by atomic mass is 10.2. The number of carbonyl (C=O) groups excluding carboxylic acids is 2. The van der Waals surface area contributed by atoms with Crippen LogP contribution in [0.5, 0.6) is 0 Å². The normalized spacial score (nSPS) is 10.6. The molecule has 0 saturated heterocycles. The summed E-state index contributed by atoms with van der Waals surface area (Å²) in [5.74, 6) is -1.70. The molecule has 0 aliphatic carbocycles. The summed E-state index contributed by atoms with van der Waals surface area (Å²) in [6, 6.07) is 12.1. The van der Waals surface area contributed by atoms with Crippen LogP contribution < -0.4 is 10.7 Å². The summed E-state index contributed by atoms with van der Waals surface area (Å²) in [5, 5.41) is 6.87. The molecule has 0 unspecified atom stereocenters. The Morgan fingerprint density at radius 2 is 1.83 bits per heavy atom. The summed E-state index contributed by atoms with van der Waals surface area (Å²) in [4.78, 5) is 23.4. The van der Waals surface area contributed by atoms with Gasteiger partial charge in [-0.1, -0.05) is 47.5 Å². The summed E-state index contributed by atoms with van der Waals surface area (Å²) in [5.41, 5.74) is 4.16. The van der Waals surface area contributed by atoms with Crippen LogP contribution >= 0.6 is 23.2 Å². The minimum atomic E-state index is -0.888. The van der Waals surface area contributed by atoms with E-state index >= 15 is 0 Å². The zero-order valence-electron chi connectivity index (χ0n) is 12.1. The van der Waals surface area contributed by atoms with Gasteiger partial charge in [-0.25, -0.2) is 5.43 Å². The summed E-state index contributed by atoms with van der Waals surface area (Å²) < 4.78 is 0. The third kappa shape index (κ3) is 4.81. The van der Waals surface area contributed by atoms with Gasteiger partial charge in [-0.15, -0.1) is 0 Å². The Hall–Kier alpha value is -2.37.